The summed E-state index contributed by atoms with van der Waals surface area (Å²) in [6.45, 7) is 2.77. The Balaban J connectivity index is 2.18. The van der Waals surface area contributed by atoms with E-state index < -0.39 is 0 Å². The third kappa shape index (κ3) is 6.33. The molecule has 0 aliphatic heterocycles. The first kappa shape index (κ1) is 15.6. The lowest BCUT2D eigenvalue weighted by Gasteiger charge is -2.06. The van der Waals surface area contributed by atoms with Crippen LogP contribution < -0.4 is 10.6 Å². The van der Waals surface area contributed by atoms with Gasteiger partial charge in [0.15, 0.2) is 0 Å². The number of nitrogens with one attached hydrogen (secondary N) is 2. The Hall–Kier alpha value is -1.43. The molecule has 106 valence electrons. The van der Waals surface area contributed by atoms with Crippen LogP contribution in [0.5, 0.6) is 0 Å². The van der Waals surface area contributed by atoms with Crippen molar-refractivity contribution in [2.75, 3.05) is 33.4 Å². The third-order valence-electron chi connectivity index (χ3n) is 2.65. The predicted octanol–water partition coefficient (Wildman–Crippen LogP) is 0.535. The second-order valence-electron chi connectivity index (χ2n) is 4.14. The Labute approximate surface area is 114 Å². The van der Waals surface area contributed by atoms with Crippen molar-refractivity contribution in [2.45, 2.75) is 13.0 Å². The molecule has 1 rings (SSSR count). The number of carbonyl (C=O) groups is 1. The van der Waals surface area contributed by atoms with E-state index in [1.807, 2.05) is 24.3 Å². The Kier molecular flexibility index (Phi) is 7.81. The van der Waals surface area contributed by atoms with Crippen LogP contribution in [0.1, 0.15) is 22.3 Å². The molecule has 0 aliphatic rings. The minimum Gasteiger partial charge on any atom is -0.394 e. The normalized spacial score (nSPS) is 10.4. The van der Waals surface area contributed by atoms with E-state index >= 15 is 0 Å². The molecule has 0 saturated carbocycles. The molecule has 19 heavy (non-hydrogen) atoms. The van der Waals surface area contributed by atoms with Gasteiger partial charge < -0.3 is 20.5 Å². The molecule has 0 heterocycles. The van der Waals surface area contributed by atoms with E-state index in [1.54, 1.807) is 7.05 Å². The average Bonchev–Trinajstić information content (AvgIpc) is 2.46. The summed E-state index contributed by atoms with van der Waals surface area (Å²) in [7, 11) is 1.62. The molecule has 0 radical (unpaired) electrons. The lowest BCUT2D eigenvalue weighted by molar-refractivity contribution is 0.0907. The number of hydrogen-bond donors (Lipinski definition) is 3. The molecule has 0 bridgehead atoms. The van der Waals surface area contributed by atoms with Crippen molar-refractivity contribution in [1.29, 1.82) is 0 Å². The minimum atomic E-state index is -0.0689. The van der Waals surface area contributed by atoms with Gasteiger partial charge in [0.1, 0.15) is 0 Å². The van der Waals surface area contributed by atoms with Gasteiger partial charge >= 0.3 is 0 Å². The van der Waals surface area contributed by atoms with Gasteiger partial charge in [-0.3, -0.25) is 4.79 Å². The van der Waals surface area contributed by atoms with E-state index in [2.05, 4.69) is 10.6 Å². The molecule has 0 spiro atoms. The number of hydrogen-bond acceptors (Lipinski definition) is 4. The molecule has 5 nitrogen and oxygen atoms in total. The van der Waals surface area contributed by atoms with Crippen LogP contribution in [0.25, 0.3) is 0 Å². The molecule has 0 atom stereocenters. The smallest absolute Gasteiger partial charge is 0.251 e. The lowest BCUT2D eigenvalue weighted by Crippen LogP contribution is -2.18. The highest BCUT2D eigenvalue weighted by molar-refractivity contribution is 5.93. The van der Waals surface area contributed by atoms with Crippen molar-refractivity contribution >= 4 is 5.91 Å². The average molecular weight is 266 g/mol. The maximum Gasteiger partial charge on any atom is 0.251 e. The van der Waals surface area contributed by atoms with Crippen molar-refractivity contribution in [3.63, 3.8) is 0 Å². The van der Waals surface area contributed by atoms with Crippen LogP contribution >= 0.6 is 0 Å². The Bertz CT molecular complexity index is 365. The number of ether oxygens (including phenoxy) is 1. The van der Waals surface area contributed by atoms with Crippen molar-refractivity contribution in [1.82, 2.24) is 10.6 Å². The second kappa shape index (κ2) is 9.49. The number of aliphatic hydroxyl groups is 1. The monoisotopic (exact) mass is 266 g/mol. The number of benzene rings is 1. The maximum atomic E-state index is 11.4. The van der Waals surface area contributed by atoms with Gasteiger partial charge in [0.05, 0.1) is 13.2 Å². The first-order valence-corrected chi connectivity index (χ1v) is 6.48. The van der Waals surface area contributed by atoms with Crippen molar-refractivity contribution in [3.8, 4) is 0 Å². The molecule has 0 aromatic heterocycles. The quantitative estimate of drug-likeness (QED) is 0.570. The number of aliphatic hydroxyl groups excluding tert-OH is 1. The van der Waals surface area contributed by atoms with Crippen molar-refractivity contribution in [2.24, 2.45) is 0 Å². The highest BCUT2D eigenvalue weighted by Gasteiger charge is 2.01. The first-order chi connectivity index (χ1) is 9.27. The Morgan fingerprint density at radius 3 is 2.63 bits per heavy atom. The van der Waals surface area contributed by atoms with E-state index in [1.165, 1.54) is 0 Å². The Morgan fingerprint density at radius 2 is 2.00 bits per heavy atom. The molecule has 0 unspecified atom stereocenters. The molecule has 1 aromatic carbocycles. The molecule has 5 heteroatoms. The zero-order chi connectivity index (χ0) is 13.9. The molecule has 3 N–H and O–H groups in total. The number of amides is 1. The van der Waals surface area contributed by atoms with Crippen LogP contribution in [0.3, 0.4) is 0 Å². The predicted molar refractivity (Wildman–Crippen MR) is 74.1 cm³/mol. The van der Waals surface area contributed by atoms with Gasteiger partial charge in [-0.15, -0.1) is 0 Å². The summed E-state index contributed by atoms with van der Waals surface area (Å²) in [5, 5.41) is 14.4. The fourth-order valence-corrected chi connectivity index (χ4v) is 1.62. The van der Waals surface area contributed by atoms with Gasteiger partial charge in [0, 0.05) is 25.8 Å². The topological polar surface area (TPSA) is 70.6 Å². The van der Waals surface area contributed by atoms with Crippen LogP contribution in [0, 0.1) is 0 Å². The van der Waals surface area contributed by atoms with Gasteiger partial charge in [-0.1, -0.05) is 12.1 Å². The van der Waals surface area contributed by atoms with E-state index in [4.69, 9.17) is 9.84 Å². The summed E-state index contributed by atoms with van der Waals surface area (Å²) < 4.78 is 5.16. The van der Waals surface area contributed by atoms with Crippen LogP contribution in [0.15, 0.2) is 24.3 Å². The van der Waals surface area contributed by atoms with E-state index in [9.17, 15) is 4.79 Å². The molecule has 0 saturated heterocycles. The lowest BCUT2D eigenvalue weighted by atomic mass is 10.1. The molecule has 0 aliphatic carbocycles. The van der Waals surface area contributed by atoms with E-state index in [0.29, 0.717) is 18.8 Å². The molecular weight excluding hydrogens is 244 g/mol. The standard InChI is InChI=1S/C14H22N2O3/c1-15-14(18)13-5-3-12(4-6-13)11-16-7-2-9-19-10-8-17/h3-6,16-17H,2,7-11H2,1H3,(H,15,18). The largest absolute Gasteiger partial charge is 0.394 e. The Morgan fingerprint density at radius 1 is 1.26 bits per heavy atom. The fraction of sp³-hybridized carbons (Fsp3) is 0.500. The molecule has 1 aromatic rings. The summed E-state index contributed by atoms with van der Waals surface area (Å²) >= 11 is 0. The zero-order valence-corrected chi connectivity index (χ0v) is 11.3. The SMILES string of the molecule is CNC(=O)c1ccc(CNCCCOCCO)cc1. The minimum absolute atomic E-state index is 0.0689. The van der Waals surface area contributed by atoms with Crippen LogP contribution in [-0.2, 0) is 11.3 Å². The van der Waals surface area contributed by atoms with Gasteiger partial charge in [0.2, 0.25) is 0 Å². The van der Waals surface area contributed by atoms with E-state index in [-0.39, 0.29) is 12.5 Å². The molecule has 1 amide bonds. The number of rotatable bonds is 9. The van der Waals surface area contributed by atoms with Crippen LogP contribution in [0.4, 0.5) is 0 Å². The van der Waals surface area contributed by atoms with Crippen molar-refractivity contribution < 1.29 is 14.6 Å². The summed E-state index contributed by atoms with van der Waals surface area (Å²) in [6.07, 6.45) is 0.913. The van der Waals surface area contributed by atoms with Gasteiger partial charge in [-0.25, -0.2) is 0 Å². The molecular formula is C14H22N2O3. The van der Waals surface area contributed by atoms with Crippen LogP contribution in [0.2, 0.25) is 0 Å². The third-order valence-corrected chi connectivity index (χ3v) is 2.65. The molecule has 0 fully saturated rings. The summed E-state index contributed by atoms with van der Waals surface area (Å²) in [5.74, 6) is -0.0689. The maximum absolute atomic E-state index is 11.4. The summed E-state index contributed by atoms with van der Waals surface area (Å²) in [4.78, 5) is 11.4. The van der Waals surface area contributed by atoms with Crippen molar-refractivity contribution in [3.05, 3.63) is 35.4 Å². The van der Waals surface area contributed by atoms with Crippen LogP contribution in [-0.4, -0.2) is 44.4 Å². The fourth-order valence-electron chi connectivity index (χ4n) is 1.62. The van der Waals surface area contributed by atoms with Gasteiger partial charge in [-0.2, -0.15) is 0 Å². The summed E-state index contributed by atoms with van der Waals surface area (Å²) in [6, 6.07) is 7.53. The number of carbonyl (C=O) groups excluding carboxylic acids is 1. The summed E-state index contributed by atoms with van der Waals surface area (Å²) in [5.41, 5.74) is 1.81. The zero-order valence-electron chi connectivity index (χ0n) is 11.3. The first-order valence-electron chi connectivity index (χ1n) is 6.48. The van der Waals surface area contributed by atoms with Gasteiger partial charge in [0.25, 0.3) is 5.91 Å². The second-order valence-corrected chi connectivity index (χ2v) is 4.14. The highest BCUT2D eigenvalue weighted by atomic mass is 16.5. The highest BCUT2D eigenvalue weighted by Crippen LogP contribution is 2.04. The van der Waals surface area contributed by atoms with Gasteiger partial charge in [-0.05, 0) is 30.7 Å². The van der Waals surface area contributed by atoms with E-state index in [0.717, 1.165) is 25.1 Å².